The van der Waals surface area contributed by atoms with E-state index in [1.54, 1.807) is 13.0 Å². The first-order valence-electron chi connectivity index (χ1n) is 6.82. The van der Waals surface area contributed by atoms with Gasteiger partial charge in [-0.05, 0) is 49.2 Å². The highest BCUT2D eigenvalue weighted by molar-refractivity contribution is 6.33. The Hall–Kier alpha value is -1.38. The van der Waals surface area contributed by atoms with Crippen molar-refractivity contribution in [3.8, 4) is 11.1 Å². The van der Waals surface area contributed by atoms with Gasteiger partial charge >= 0.3 is 0 Å². The molecule has 1 atom stereocenters. The quantitative estimate of drug-likeness (QED) is 0.824. The molecule has 2 aromatic rings. The van der Waals surface area contributed by atoms with Crippen LogP contribution in [0.1, 0.15) is 31.0 Å². The number of nitrogens with one attached hydrogen (secondary N) is 1. The third kappa shape index (κ3) is 3.20. The second kappa shape index (κ2) is 6.38. The van der Waals surface area contributed by atoms with Crippen molar-refractivity contribution < 1.29 is 4.39 Å². The van der Waals surface area contributed by atoms with E-state index in [0.717, 1.165) is 17.7 Å². The van der Waals surface area contributed by atoms with Gasteiger partial charge in [-0.1, -0.05) is 42.8 Å². The van der Waals surface area contributed by atoms with Crippen molar-refractivity contribution in [2.75, 3.05) is 6.54 Å². The minimum absolute atomic E-state index is 0.267. The number of rotatable bonds is 4. The Morgan fingerprint density at radius 3 is 2.45 bits per heavy atom. The maximum absolute atomic E-state index is 13.4. The van der Waals surface area contributed by atoms with E-state index in [1.165, 1.54) is 11.6 Å². The molecule has 0 radical (unpaired) electrons. The van der Waals surface area contributed by atoms with Gasteiger partial charge in [0.25, 0.3) is 0 Å². The molecule has 2 rings (SSSR count). The Bertz CT molecular complexity index is 593. The number of hydrogen-bond donors (Lipinski definition) is 1. The molecule has 2 aromatic carbocycles. The van der Waals surface area contributed by atoms with Crippen LogP contribution in [0.15, 0.2) is 36.4 Å². The van der Waals surface area contributed by atoms with Crippen LogP contribution in [-0.4, -0.2) is 6.54 Å². The van der Waals surface area contributed by atoms with Gasteiger partial charge in [-0.25, -0.2) is 4.39 Å². The zero-order valence-corrected chi connectivity index (χ0v) is 12.8. The summed E-state index contributed by atoms with van der Waals surface area (Å²) >= 11 is 6.14. The van der Waals surface area contributed by atoms with Gasteiger partial charge in [0.2, 0.25) is 0 Å². The van der Waals surface area contributed by atoms with E-state index in [-0.39, 0.29) is 5.82 Å². The Morgan fingerprint density at radius 1 is 1.20 bits per heavy atom. The third-order valence-corrected chi connectivity index (χ3v) is 3.79. The summed E-state index contributed by atoms with van der Waals surface area (Å²) in [6.07, 6.45) is 0. The average Bonchev–Trinajstić information content (AvgIpc) is 2.43. The van der Waals surface area contributed by atoms with E-state index in [4.69, 9.17) is 11.6 Å². The highest BCUT2D eigenvalue weighted by Gasteiger charge is 2.09. The van der Waals surface area contributed by atoms with Gasteiger partial charge in [-0.15, -0.1) is 0 Å². The molecule has 0 heterocycles. The van der Waals surface area contributed by atoms with Crippen molar-refractivity contribution in [1.82, 2.24) is 5.32 Å². The molecule has 1 unspecified atom stereocenters. The summed E-state index contributed by atoms with van der Waals surface area (Å²) in [5, 5.41) is 3.82. The lowest BCUT2D eigenvalue weighted by molar-refractivity contribution is 0.598. The van der Waals surface area contributed by atoms with Crippen molar-refractivity contribution in [2.45, 2.75) is 26.8 Å². The predicted octanol–water partition coefficient (Wildman–Crippen LogP) is 5.13. The van der Waals surface area contributed by atoms with Crippen LogP contribution in [0.25, 0.3) is 11.1 Å². The van der Waals surface area contributed by atoms with E-state index in [9.17, 15) is 4.39 Å². The SMILES string of the molecule is CCNC(C)c1ccc(-c2cc(C)c(F)cc2Cl)cc1. The Labute approximate surface area is 124 Å². The minimum atomic E-state index is -0.267. The van der Waals surface area contributed by atoms with Gasteiger partial charge in [0, 0.05) is 11.6 Å². The Kier molecular flexibility index (Phi) is 4.79. The van der Waals surface area contributed by atoms with Crippen LogP contribution in [0.2, 0.25) is 5.02 Å². The molecular weight excluding hydrogens is 273 g/mol. The molecule has 0 aliphatic heterocycles. The summed E-state index contributed by atoms with van der Waals surface area (Å²) in [6.45, 7) is 6.90. The molecule has 0 aliphatic carbocycles. The zero-order chi connectivity index (χ0) is 14.7. The van der Waals surface area contributed by atoms with E-state index in [2.05, 4.69) is 31.3 Å². The van der Waals surface area contributed by atoms with E-state index in [1.807, 2.05) is 12.1 Å². The van der Waals surface area contributed by atoms with Crippen LogP contribution in [0.5, 0.6) is 0 Å². The lowest BCUT2D eigenvalue weighted by Crippen LogP contribution is -2.17. The third-order valence-electron chi connectivity index (χ3n) is 3.48. The maximum atomic E-state index is 13.4. The number of aryl methyl sites for hydroxylation is 1. The average molecular weight is 292 g/mol. The summed E-state index contributed by atoms with van der Waals surface area (Å²) < 4.78 is 13.4. The Morgan fingerprint density at radius 2 is 1.85 bits per heavy atom. The number of benzene rings is 2. The van der Waals surface area contributed by atoms with Crippen molar-refractivity contribution in [3.05, 3.63) is 58.4 Å². The fraction of sp³-hybridized carbons (Fsp3) is 0.294. The highest BCUT2D eigenvalue weighted by atomic mass is 35.5. The molecule has 20 heavy (non-hydrogen) atoms. The smallest absolute Gasteiger partial charge is 0.127 e. The Balaban J connectivity index is 2.33. The van der Waals surface area contributed by atoms with Gasteiger partial charge in [0.1, 0.15) is 5.82 Å². The normalized spacial score (nSPS) is 12.4. The second-order valence-electron chi connectivity index (χ2n) is 4.98. The van der Waals surface area contributed by atoms with E-state index in [0.29, 0.717) is 16.6 Å². The predicted molar refractivity (Wildman–Crippen MR) is 83.7 cm³/mol. The first-order chi connectivity index (χ1) is 9.52. The summed E-state index contributed by atoms with van der Waals surface area (Å²) in [5.74, 6) is -0.267. The van der Waals surface area contributed by atoms with E-state index < -0.39 is 0 Å². The lowest BCUT2D eigenvalue weighted by atomic mass is 10.00. The van der Waals surface area contributed by atoms with Gasteiger partial charge in [-0.2, -0.15) is 0 Å². The van der Waals surface area contributed by atoms with Crippen LogP contribution >= 0.6 is 11.6 Å². The maximum Gasteiger partial charge on any atom is 0.127 e. The number of hydrogen-bond acceptors (Lipinski definition) is 1. The van der Waals surface area contributed by atoms with Gasteiger partial charge in [0.05, 0.1) is 5.02 Å². The largest absolute Gasteiger partial charge is 0.310 e. The molecule has 0 bridgehead atoms. The van der Waals surface area contributed by atoms with Crippen LogP contribution in [0.4, 0.5) is 4.39 Å². The monoisotopic (exact) mass is 291 g/mol. The molecule has 0 aromatic heterocycles. The fourth-order valence-electron chi connectivity index (χ4n) is 2.25. The van der Waals surface area contributed by atoms with Crippen LogP contribution in [0, 0.1) is 12.7 Å². The van der Waals surface area contributed by atoms with Crippen LogP contribution in [0.3, 0.4) is 0 Å². The lowest BCUT2D eigenvalue weighted by Gasteiger charge is -2.14. The van der Waals surface area contributed by atoms with Crippen molar-refractivity contribution in [2.24, 2.45) is 0 Å². The first-order valence-corrected chi connectivity index (χ1v) is 7.20. The molecule has 1 nitrogen and oxygen atoms in total. The first kappa shape index (κ1) is 15.0. The van der Waals surface area contributed by atoms with Crippen molar-refractivity contribution in [3.63, 3.8) is 0 Å². The second-order valence-corrected chi connectivity index (χ2v) is 5.39. The molecule has 0 spiro atoms. The number of halogens is 2. The van der Waals surface area contributed by atoms with Gasteiger partial charge in [-0.3, -0.25) is 0 Å². The molecule has 0 aliphatic rings. The molecule has 0 saturated carbocycles. The van der Waals surface area contributed by atoms with Crippen LogP contribution in [-0.2, 0) is 0 Å². The molecule has 1 N–H and O–H groups in total. The van der Waals surface area contributed by atoms with Crippen molar-refractivity contribution >= 4 is 11.6 Å². The fourth-order valence-corrected chi connectivity index (χ4v) is 2.51. The summed E-state index contributed by atoms with van der Waals surface area (Å²) in [4.78, 5) is 0. The molecule has 0 amide bonds. The highest BCUT2D eigenvalue weighted by Crippen LogP contribution is 2.31. The van der Waals surface area contributed by atoms with Crippen molar-refractivity contribution in [1.29, 1.82) is 0 Å². The summed E-state index contributed by atoms with van der Waals surface area (Å²) in [5.41, 5.74) is 3.71. The summed E-state index contributed by atoms with van der Waals surface area (Å²) in [7, 11) is 0. The standard InChI is InChI=1S/C17H19ClFN/c1-4-20-12(3)13-5-7-14(8-6-13)15-9-11(2)17(19)10-16(15)18/h5-10,12,20H,4H2,1-3H3. The molecule has 0 fully saturated rings. The molecule has 3 heteroatoms. The summed E-state index contributed by atoms with van der Waals surface area (Å²) in [6, 6.07) is 11.7. The zero-order valence-electron chi connectivity index (χ0n) is 12.0. The molecule has 0 saturated heterocycles. The van der Waals surface area contributed by atoms with Crippen LogP contribution < -0.4 is 5.32 Å². The molecule has 106 valence electrons. The minimum Gasteiger partial charge on any atom is -0.310 e. The topological polar surface area (TPSA) is 12.0 Å². The molecular formula is C17H19ClFN. The van der Waals surface area contributed by atoms with Gasteiger partial charge in [0.15, 0.2) is 0 Å². The van der Waals surface area contributed by atoms with Gasteiger partial charge < -0.3 is 5.32 Å². The van der Waals surface area contributed by atoms with E-state index >= 15 is 0 Å².